The van der Waals surface area contributed by atoms with E-state index in [4.69, 9.17) is 27.9 Å². The first-order chi connectivity index (χ1) is 13.0. The number of halogens is 2. The summed E-state index contributed by atoms with van der Waals surface area (Å²) in [5.41, 5.74) is 3.50. The lowest BCUT2D eigenvalue weighted by Crippen LogP contribution is -2.26. The van der Waals surface area contributed by atoms with Crippen LogP contribution in [0.4, 0.5) is 5.00 Å². The molecule has 1 aliphatic rings. The molecule has 1 fully saturated rings. The van der Waals surface area contributed by atoms with Crippen molar-refractivity contribution in [1.82, 2.24) is 0 Å². The minimum atomic E-state index is -1.08. The SMILES string of the molecule is CCOC(=O)c1c(NC(=O)[C@@]2(C)CC2(Cl)Cl)sc(C)c1-c1ccc(C)c(C)c1. The molecule has 1 N–H and O–H groups in total. The van der Waals surface area contributed by atoms with Crippen molar-refractivity contribution >= 4 is 51.4 Å². The van der Waals surface area contributed by atoms with Gasteiger partial charge in [0.05, 0.1) is 12.0 Å². The van der Waals surface area contributed by atoms with E-state index in [9.17, 15) is 9.59 Å². The zero-order chi connectivity index (χ0) is 20.9. The van der Waals surface area contributed by atoms with Crippen LogP contribution in [0.2, 0.25) is 0 Å². The average Bonchev–Trinajstić information content (AvgIpc) is 2.96. The molecule has 0 unspecified atom stereocenters. The van der Waals surface area contributed by atoms with Gasteiger partial charge in [-0.25, -0.2) is 4.79 Å². The van der Waals surface area contributed by atoms with E-state index in [1.54, 1.807) is 13.8 Å². The topological polar surface area (TPSA) is 55.4 Å². The zero-order valence-electron chi connectivity index (χ0n) is 16.5. The van der Waals surface area contributed by atoms with E-state index in [2.05, 4.69) is 5.32 Å². The standard InChI is InChI=1S/C21H23Cl2NO3S/c1-6-27-18(25)16-15(14-8-7-11(2)12(3)9-14)13(4)28-17(16)24-19(26)20(5)10-21(20,22)23/h7-9H,6,10H2,1-5H3,(H,24,26)/t20-/m1/s1. The summed E-state index contributed by atoms with van der Waals surface area (Å²) >= 11 is 13.6. The molecule has 2 aromatic rings. The Labute approximate surface area is 179 Å². The highest BCUT2D eigenvalue weighted by atomic mass is 35.5. The molecule has 1 heterocycles. The van der Waals surface area contributed by atoms with E-state index in [0.29, 0.717) is 17.0 Å². The zero-order valence-corrected chi connectivity index (χ0v) is 18.9. The highest BCUT2D eigenvalue weighted by Crippen LogP contribution is 2.64. The first kappa shape index (κ1) is 21.2. The van der Waals surface area contributed by atoms with Gasteiger partial charge in [-0.2, -0.15) is 0 Å². The molecule has 150 valence electrons. The Bertz CT molecular complexity index is 967. The second-order valence-electron chi connectivity index (χ2n) is 7.42. The summed E-state index contributed by atoms with van der Waals surface area (Å²) in [6, 6.07) is 6.05. The third-order valence-corrected chi connectivity index (χ3v) is 7.47. The molecule has 1 aliphatic carbocycles. The summed E-state index contributed by atoms with van der Waals surface area (Å²) in [7, 11) is 0. The van der Waals surface area contributed by atoms with Gasteiger partial charge in [-0.1, -0.05) is 18.2 Å². The molecule has 0 saturated heterocycles. The van der Waals surface area contributed by atoms with Gasteiger partial charge in [-0.15, -0.1) is 34.5 Å². The Morgan fingerprint density at radius 1 is 1.21 bits per heavy atom. The molecule has 7 heteroatoms. The number of carbonyl (C=O) groups excluding carboxylic acids is 2. The number of amides is 1. The summed E-state index contributed by atoms with van der Waals surface area (Å²) in [4.78, 5) is 26.5. The van der Waals surface area contributed by atoms with Crippen LogP contribution in [0.15, 0.2) is 18.2 Å². The molecule has 1 amide bonds. The Morgan fingerprint density at radius 2 is 1.86 bits per heavy atom. The number of ether oxygens (including phenoxy) is 1. The summed E-state index contributed by atoms with van der Waals surface area (Å²) in [5, 5.41) is 3.34. The lowest BCUT2D eigenvalue weighted by molar-refractivity contribution is -0.120. The molecule has 0 spiro atoms. The van der Waals surface area contributed by atoms with Crippen LogP contribution in [0, 0.1) is 26.2 Å². The van der Waals surface area contributed by atoms with Crippen molar-refractivity contribution in [3.05, 3.63) is 39.8 Å². The number of benzene rings is 1. The van der Waals surface area contributed by atoms with E-state index in [1.807, 2.05) is 39.0 Å². The maximum atomic E-state index is 12.8. The molecular formula is C21H23Cl2NO3S. The van der Waals surface area contributed by atoms with Crippen LogP contribution < -0.4 is 5.32 Å². The van der Waals surface area contributed by atoms with Gasteiger partial charge in [0.1, 0.15) is 14.9 Å². The van der Waals surface area contributed by atoms with Crippen LogP contribution in [-0.2, 0) is 9.53 Å². The van der Waals surface area contributed by atoms with Crippen molar-refractivity contribution in [2.75, 3.05) is 11.9 Å². The lowest BCUT2D eigenvalue weighted by Gasteiger charge is -2.13. The quantitative estimate of drug-likeness (QED) is 0.456. The van der Waals surface area contributed by atoms with E-state index in [1.165, 1.54) is 16.9 Å². The van der Waals surface area contributed by atoms with Crippen LogP contribution in [0.25, 0.3) is 11.1 Å². The van der Waals surface area contributed by atoms with Crippen molar-refractivity contribution in [3.8, 4) is 11.1 Å². The number of nitrogens with one attached hydrogen (secondary N) is 1. The number of alkyl halides is 2. The molecule has 1 saturated carbocycles. The molecule has 0 aliphatic heterocycles. The highest BCUT2D eigenvalue weighted by Gasteiger charge is 2.68. The Kier molecular flexibility index (Phi) is 5.56. The van der Waals surface area contributed by atoms with Crippen LogP contribution in [0.1, 0.15) is 46.6 Å². The molecule has 3 rings (SSSR count). The van der Waals surface area contributed by atoms with E-state index < -0.39 is 15.7 Å². The van der Waals surface area contributed by atoms with Crippen LogP contribution in [0.5, 0.6) is 0 Å². The summed E-state index contributed by atoms with van der Waals surface area (Å²) in [6.45, 7) is 9.72. The minimum absolute atomic E-state index is 0.248. The fourth-order valence-corrected chi connectivity index (χ4v) is 4.93. The number of esters is 1. The van der Waals surface area contributed by atoms with Crippen molar-refractivity contribution < 1.29 is 14.3 Å². The monoisotopic (exact) mass is 439 g/mol. The molecular weight excluding hydrogens is 417 g/mol. The minimum Gasteiger partial charge on any atom is -0.462 e. The summed E-state index contributed by atoms with van der Waals surface area (Å²) in [6.07, 6.45) is 0.373. The Balaban J connectivity index is 2.07. The largest absolute Gasteiger partial charge is 0.462 e. The number of hydrogen-bond acceptors (Lipinski definition) is 4. The molecule has 0 radical (unpaired) electrons. The highest BCUT2D eigenvalue weighted by molar-refractivity contribution is 7.17. The first-order valence-electron chi connectivity index (χ1n) is 9.09. The van der Waals surface area contributed by atoms with Gasteiger partial charge < -0.3 is 10.1 Å². The average molecular weight is 440 g/mol. The number of thiophene rings is 1. The predicted molar refractivity (Wildman–Crippen MR) is 116 cm³/mol. The van der Waals surface area contributed by atoms with Gasteiger partial charge in [0.25, 0.3) is 0 Å². The van der Waals surface area contributed by atoms with Gasteiger partial charge in [0.2, 0.25) is 5.91 Å². The van der Waals surface area contributed by atoms with E-state index in [-0.39, 0.29) is 12.5 Å². The molecule has 4 nitrogen and oxygen atoms in total. The predicted octanol–water partition coefficient (Wildman–Crippen LogP) is 6.04. The number of anilines is 1. The van der Waals surface area contributed by atoms with Crippen molar-refractivity contribution in [1.29, 1.82) is 0 Å². The number of aryl methyl sites for hydroxylation is 3. The van der Waals surface area contributed by atoms with Crippen LogP contribution >= 0.6 is 34.5 Å². The molecule has 1 aromatic carbocycles. The van der Waals surface area contributed by atoms with E-state index >= 15 is 0 Å². The van der Waals surface area contributed by atoms with Gasteiger partial charge in [-0.3, -0.25) is 4.79 Å². The third-order valence-electron chi connectivity index (χ3n) is 5.35. The number of carbonyl (C=O) groups is 2. The first-order valence-corrected chi connectivity index (χ1v) is 10.7. The second-order valence-corrected chi connectivity index (χ2v) is 10.1. The van der Waals surface area contributed by atoms with Gasteiger partial charge >= 0.3 is 5.97 Å². The molecule has 28 heavy (non-hydrogen) atoms. The van der Waals surface area contributed by atoms with Crippen molar-refractivity contribution in [2.45, 2.75) is 45.4 Å². The van der Waals surface area contributed by atoms with Gasteiger partial charge in [0.15, 0.2) is 0 Å². The van der Waals surface area contributed by atoms with Crippen LogP contribution in [-0.4, -0.2) is 22.8 Å². The summed E-state index contributed by atoms with van der Waals surface area (Å²) in [5.74, 6) is -0.754. The third kappa shape index (κ3) is 3.56. The fourth-order valence-electron chi connectivity index (χ4n) is 3.16. The van der Waals surface area contributed by atoms with Gasteiger partial charge in [0, 0.05) is 10.4 Å². The summed E-state index contributed by atoms with van der Waals surface area (Å²) < 4.78 is 4.21. The molecule has 1 atom stereocenters. The van der Waals surface area contributed by atoms with Crippen molar-refractivity contribution in [3.63, 3.8) is 0 Å². The normalized spacial score (nSPS) is 20.0. The van der Waals surface area contributed by atoms with Crippen LogP contribution in [0.3, 0.4) is 0 Å². The Morgan fingerprint density at radius 3 is 2.39 bits per heavy atom. The second kappa shape index (κ2) is 7.36. The molecule has 1 aromatic heterocycles. The van der Waals surface area contributed by atoms with E-state index in [0.717, 1.165) is 21.6 Å². The maximum Gasteiger partial charge on any atom is 0.341 e. The fraction of sp³-hybridized carbons (Fsp3) is 0.429. The Hall–Kier alpha value is -1.56. The van der Waals surface area contributed by atoms with Gasteiger partial charge in [-0.05, 0) is 57.7 Å². The van der Waals surface area contributed by atoms with Crippen molar-refractivity contribution in [2.24, 2.45) is 5.41 Å². The smallest absolute Gasteiger partial charge is 0.341 e. The number of hydrogen-bond donors (Lipinski definition) is 1. The molecule has 0 bridgehead atoms. The maximum absolute atomic E-state index is 12.8. The lowest BCUT2D eigenvalue weighted by atomic mass is 9.97. The number of rotatable bonds is 5.